The molecule has 1 atom stereocenters. The molecule has 13 heteroatoms. The van der Waals surface area contributed by atoms with Gasteiger partial charge in [-0.1, -0.05) is 5.21 Å². The second-order valence-electron chi connectivity index (χ2n) is 9.37. The quantitative estimate of drug-likeness (QED) is 0.533. The first-order chi connectivity index (χ1) is 15.8. The molecule has 0 bridgehead atoms. The van der Waals surface area contributed by atoms with Crippen LogP contribution in [0.5, 0.6) is 0 Å². The van der Waals surface area contributed by atoms with Crippen molar-refractivity contribution in [3.05, 3.63) is 29.5 Å². The number of piperidine rings is 1. The number of nitrogens with one attached hydrogen (secondary N) is 2. The minimum atomic E-state index is -4.75. The van der Waals surface area contributed by atoms with Crippen LogP contribution >= 0.6 is 7.14 Å². The molecule has 1 aliphatic rings. The number of alkyl halides is 3. The summed E-state index contributed by atoms with van der Waals surface area (Å²) in [6.45, 7) is 7.72. The number of hydrogen-bond acceptors (Lipinski definition) is 8. The molecular formula is C21H24F3N8OP. The van der Waals surface area contributed by atoms with Gasteiger partial charge in [-0.05, 0) is 52.2 Å². The van der Waals surface area contributed by atoms with E-state index in [4.69, 9.17) is 0 Å². The molecule has 180 valence electrons. The number of benzene rings is 1. The fourth-order valence-corrected chi connectivity index (χ4v) is 5.38. The molecule has 9 nitrogen and oxygen atoms in total. The van der Waals surface area contributed by atoms with Gasteiger partial charge >= 0.3 is 6.18 Å². The van der Waals surface area contributed by atoms with Gasteiger partial charge in [0.25, 0.3) is 0 Å². The van der Waals surface area contributed by atoms with E-state index >= 15 is 0 Å². The highest BCUT2D eigenvalue weighted by Gasteiger charge is 2.37. The molecule has 0 amide bonds. The summed E-state index contributed by atoms with van der Waals surface area (Å²) in [4.78, 5) is 8.04. The zero-order valence-electron chi connectivity index (χ0n) is 19.1. The first-order valence-electron chi connectivity index (χ1n) is 10.6. The van der Waals surface area contributed by atoms with Crippen molar-refractivity contribution >= 4 is 29.4 Å². The molecule has 1 saturated heterocycles. The maximum absolute atomic E-state index is 13.8. The largest absolute Gasteiger partial charge is 0.421 e. The van der Waals surface area contributed by atoms with Crippen LogP contribution in [0.4, 0.5) is 19.1 Å². The smallest absolute Gasteiger partial charge is 0.350 e. The van der Waals surface area contributed by atoms with Crippen molar-refractivity contribution in [3.63, 3.8) is 0 Å². The Bertz CT molecular complexity index is 1330. The van der Waals surface area contributed by atoms with E-state index in [0.717, 1.165) is 17.5 Å². The molecule has 3 heterocycles. The van der Waals surface area contributed by atoms with Crippen LogP contribution in [0.3, 0.4) is 0 Å². The molecule has 0 radical (unpaired) electrons. The van der Waals surface area contributed by atoms with Crippen LogP contribution in [-0.2, 0) is 10.7 Å². The van der Waals surface area contributed by atoms with Crippen molar-refractivity contribution in [2.75, 3.05) is 25.2 Å². The van der Waals surface area contributed by atoms with Gasteiger partial charge in [0, 0.05) is 24.3 Å². The van der Waals surface area contributed by atoms with Gasteiger partial charge in [0.1, 0.15) is 18.2 Å². The number of hydrogen-bond donors (Lipinski definition) is 2. The zero-order valence-corrected chi connectivity index (χ0v) is 20.0. The lowest BCUT2D eigenvalue weighted by Crippen LogP contribution is -2.50. The number of aromatic nitrogens is 5. The number of anilines is 1. The average Bonchev–Trinajstić information content (AvgIpc) is 3.16. The van der Waals surface area contributed by atoms with Gasteiger partial charge in [-0.2, -0.15) is 28.1 Å². The second kappa shape index (κ2) is 8.32. The third kappa shape index (κ3) is 4.63. The number of rotatable bonds is 4. The maximum atomic E-state index is 13.8. The van der Waals surface area contributed by atoms with Gasteiger partial charge in [-0.15, -0.1) is 5.10 Å². The van der Waals surface area contributed by atoms with Crippen molar-refractivity contribution in [2.24, 2.45) is 0 Å². The molecule has 1 aromatic carbocycles. The Hall–Kier alpha value is -3.03. The summed E-state index contributed by atoms with van der Waals surface area (Å²) in [6, 6.07) is 4.74. The monoisotopic (exact) mass is 492 g/mol. The van der Waals surface area contributed by atoms with Crippen LogP contribution in [0.1, 0.15) is 37.8 Å². The molecule has 34 heavy (non-hydrogen) atoms. The van der Waals surface area contributed by atoms with Gasteiger partial charge in [0.2, 0.25) is 5.95 Å². The molecule has 1 fully saturated rings. The first kappa shape index (κ1) is 24.1. The minimum absolute atomic E-state index is 0.0119. The molecule has 3 aromatic rings. The van der Waals surface area contributed by atoms with E-state index in [2.05, 4.69) is 44.8 Å². The van der Waals surface area contributed by atoms with E-state index in [1.54, 1.807) is 0 Å². The van der Waals surface area contributed by atoms with Crippen molar-refractivity contribution in [1.29, 1.82) is 5.26 Å². The molecule has 0 spiro atoms. The van der Waals surface area contributed by atoms with E-state index in [1.807, 2.05) is 6.07 Å². The molecule has 2 N–H and O–H groups in total. The Morgan fingerprint density at radius 2 is 2.06 bits per heavy atom. The zero-order chi connectivity index (χ0) is 24.9. The SMILES string of the molecule is CC1(C)CC[C@H](Nc2ncc(C(F)(F)F)c(-n3nnc4c(P(C)(C)=O)c(C#N)ccc43)n2)CN1. The van der Waals surface area contributed by atoms with Crippen LogP contribution in [0.2, 0.25) is 0 Å². The van der Waals surface area contributed by atoms with Crippen LogP contribution in [0, 0.1) is 11.3 Å². The van der Waals surface area contributed by atoms with Gasteiger partial charge in [0.05, 0.1) is 22.5 Å². The predicted octanol–water partition coefficient (Wildman–Crippen LogP) is 3.29. The van der Waals surface area contributed by atoms with Crippen LogP contribution in [0.25, 0.3) is 16.9 Å². The van der Waals surface area contributed by atoms with Crippen LogP contribution in [0.15, 0.2) is 18.3 Å². The minimum Gasteiger partial charge on any atom is -0.350 e. The highest BCUT2D eigenvalue weighted by Crippen LogP contribution is 2.39. The molecule has 2 aromatic heterocycles. The molecule has 4 rings (SSSR count). The highest BCUT2D eigenvalue weighted by atomic mass is 31.2. The third-order valence-corrected chi connectivity index (χ3v) is 7.33. The molecular weight excluding hydrogens is 468 g/mol. The van der Waals surface area contributed by atoms with Crippen LogP contribution < -0.4 is 15.9 Å². The third-order valence-electron chi connectivity index (χ3n) is 5.80. The summed E-state index contributed by atoms with van der Waals surface area (Å²) in [7, 11) is -3.00. The fourth-order valence-electron chi connectivity index (χ4n) is 4.00. The summed E-state index contributed by atoms with van der Waals surface area (Å²) in [5.74, 6) is -0.474. The summed E-state index contributed by atoms with van der Waals surface area (Å²) in [5, 5.41) is 24.0. The van der Waals surface area contributed by atoms with Crippen molar-refractivity contribution < 1.29 is 17.7 Å². The van der Waals surface area contributed by atoms with Crippen molar-refractivity contribution in [3.8, 4) is 11.9 Å². The molecule has 0 saturated carbocycles. The van der Waals surface area contributed by atoms with Gasteiger partial charge in [0.15, 0.2) is 5.82 Å². The fraction of sp³-hybridized carbons (Fsp3) is 0.476. The van der Waals surface area contributed by atoms with Gasteiger partial charge in [-0.25, -0.2) is 4.98 Å². The summed E-state index contributed by atoms with van der Waals surface area (Å²) in [6.07, 6.45) is -2.35. The second-order valence-corrected chi connectivity index (χ2v) is 12.5. The number of nitrogens with zero attached hydrogens (tertiary/aromatic N) is 6. The molecule has 0 unspecified atom stereocenters. The predicted molar refractivity (Wildman–Crippen MR) is 122 cm³/mol. The topological polar surface area (TPSA) is 121 Å². The Kier molecular flexibility index (Phi) is 5.90. The van der Waals surface area contributed by atoms with E-state index in [0.29, 0.717) is 12.7 Å². The van der Waals surface area contributed by atoms with Crippen LogP contribution in [-0.4, -0.2) is 56.4 Å². The summed E-state index contributed by atoms with van der Waals surface area (Å²) in [5.41, 5.74) is -0.694. The van der Waals surface area contributed by atoms with E-state index < -0.39 is 24.7 Å². The summed E-state index contributed by atoms with van der Waals surface area (Å²) < 4.78 is 55.3. The average molecular weight is 492 g/mol. The van der Waals surface area contributed by atoms with Crippen molar-refractivity contribution in [1.82, 2.24) is 30.3 Å². The molecule has 0 aliphatic carbocycles. The lowest BCUT2D eigenvalue weighted by molar-refractivity contribution is -0.138. The van der Waals surface area contributed by atoms with Crippen molar-refractivity contribution in [2.45, 2.75) is 44.4 Å². The Morgan fingerprint density at radius 1 is 1.32 bits per heavy atom. The van der Waals surface area contributed by atoms with E-state index in [1.165, 1.54) is 25.5 Å². The maximum Gasteiger partial charge on any atom is 0.421 e. The highest BCUT2D eigenvalue weighted by molar-refractivity contribution is 7.70. The lowest BCUT2D eigenvalue weighted by atomic mass is 9.91. The number of nitriles is 1. The summed E-state index contributed by atoms with van der Waals surface area (Å²) >= 11 is 0. The van der Waals surface area contributed by atoms with E-state index in [-0.39, 0.29) is 39.4 Å². The lowest BCUT2D eigenvalue weighted by Gasteiger charge is -2.36. The number of fused-ring (bicyclic) bond motifs is 1. The van der Waals surface area contributed by atoms with Gasteiger partial charge < -0.3 is 15.2 Å². The number of halogens is 3. The molecule has 1 aliphatic heterocycles. The Morgan fingerprint density at radius 3 is 2.65 bits per heavy atom. The van der Waals surface area contributed by atoms with E-state index in [9.17, 15) is 23.0 Å². The standard InChI is InChI=1S/C21H24F3N8OP/c1-20(2)8-7-13(10-27-20)28-19-26-11-14(21(22,23)24)18(29-19)32-15-6-5-12(9-25)17(34(3,4)33)16(15)30-31-32/h5-6,11,13,27H,7-8,10H2,1-4H3,(H,26,28,29)/t13-/m0/s1. The Balaban J connectivity index is 1.82. The first-order valence-corrected chi connectivity index (χ1v) is 13.2. The normalized spacial score (nSPS) is 18.6. The van der Waals surface area contributed by atoms with Gasteiger partial charge in [-0.3, -0.25) is 0 Å². The Labute approximate surface area is 194 Å².